The van der Waals surface area contributed by atoms with Gasteiger partial charge < -0.3 is 10.5 Å². The van der Waals surface area contributed by atoms with Gasteiger partial charge in [-0.1, -0.05) is 0 Å². The van der Waals surface area contributed by atoms with E-state index in [2.05, 4.69) is 12.6 Å². The highest BCUT2D eigenvalue weighted by Crippen LogP contribution is 2.30. The number of hydrogen-bond donors (Lipinski definition) is 2. The first-order valence-corrected chi connectivity index (χ1v) is 6.73. The summed E-state index contributed by atoms with van der Waals surface area (Å²) >= 11 is 4.08. The van der Waals surface area contributed by atoms with Gasteiger partial charge in [-0.25, -0.2) is 0 Å². The van der Waals surface area contributed by atoms with Crippen molar-refractivity contribution in [3.05, 3.63) is 29.8 Å². The van der Waals surface area contributed by atoms with Crippen molar-refractivity contribution in [3.63, 3.8) is 0 Å². The average Bonchev–Trinajstić information content (AvgIpc) is 2.37. The summed E-state index contributed by atoms with van der Waals surface area (Å²) in [6, 6.07) is 4.80. The van der Waals surface area contributed by atoms with E-state index in [-0.39, 0.29) is 6.04 Å². The predicted molar refractivity (Wildman–Crippen MR) is 72.6 cm³/mol. The summed E-state index contributed by atoms with van der Waals surface area (Å²) in [5, 5.41) is 0. The minimum absolute atomic E-state index is 0.0920. The summed E-state index contributed by atoms with van der Waals surface area (Å²) in [5.41, 5.74) is 5.03. The quantitative estimate of drug-likeness (QED) is 0.596. The van der Waals surface area contributed by atoms with Crippen LogP contribution in [-0.2, 0) is 6.18 Å². The molecule has 0 aliphatic carbocycles. The van der Waals surface area contributed by atoms with Crippen LogP contribution in [0.3, 0.4) is 0 Å². The number of rotatable bonds is 7. The zero-order chi connectivity index (χ0) is 14.3. The van der Waals surface area contributed by atoms with Crippen molar-refractivity contribution in [2.75, 3.05) is 12.4 Å². The van der Waals surface area contributed by atoms with Crippen LogP contribution in [0.5, 0.6) is 5.75 Å². The van der Waals surface area contributed by atoms with Gasteiger partial charge in [0.2, 0.25) is 0 Å². The summed E-state index contributed by atoms with van der Waals surface area (Å²) in [7, 11) is 0. The molecule has 0 aliphatic rings. The van der Waals surface area contributed by atoms with Crippen LogP contribution in [0.25, 0.3) is 0 Å². The van der Waals surface area contributed by atoms with Crippen molar-refractivity contribution >= 4 is 12.6 Å². The monoisotopic (exact) mass is 293 g/mol. The lowest BCUT2D eigenvalue weighted by Gasteiger charge is -2.10. The highest BCUT2D eigenvalue weighted by atomic mass is 32.1. The van der Waals surface area contributed by atoms with Crippen LogP contribution in [0.2, 0.25) is 0 Å². The smallest absolute Gasteiger partial charge is 0.416 e. The van der Waals surface area contributed by atoms with E-state index in [9.17, 15) is 13.2 Å². The molecule has 0 fully saturated rings. The van der Waals surface area contributed by atoms with E-state index in [1.807, 2.05) is 0 Å². The zero-order valence-electron chi connectivity index (χ0n) is 10.5. The van der Waals surface area contributed by atoms with E-state index in [1.54, 1.807) is 0 Å². The summed E-state index contributed by atoms with van der Waals surface area (Å²) in [6.45, 7) is 0.477. The number of thiol groups is 1. The minimum atomic E-state index is -4.30. The average molecular weight is 293 g/mol. The molecule has 19 heavy (non-hydrogen) atoms. The first kappa shape index (κ1) is 16.2. The summed E-state index contributed by atoms with van der Waals surface area (Å²) in [4.78, 5) is 0. The summed E-state index contributed by atoms with van der Waals surface area (Å²) in [5.74, 6) is 1.10. The van der Waals surface area contributed by atoms with E-state index in [4.69, 9.17) is 10.5 Å². The van der Waals surface area contributed by atoms with Crippen molar-refractivity contribution in [3.8, 4) is 5.75 Å². The molecule has 2 N–H and O–H groups in total. The van der Waals surface area contributed by atoms with Gasteiger partial charge in [0.25, 0.3) is 0 Å². The lowest BCUT2D eigenvalue weighted by molar-refractivity contribution is -0.137. The third-order valence-corrected chi connectivity index (χ3v) is 3.12. The van der Waals surface area contributed by atoms with Crippen molar-refractivity contribution in [2.45, 2.75) is 31.5 Å². The molecule has 2 nitrogen and oxygen atoms in total. The Morgan fingerprint density at radius 2 is 1.79 bits per heavy atom. The number of hydrogen-bond acceptors (Lipinski definition) is 3. The molecule has 0 amide bonds. The van der Waals surface area contributed by atoms with Crippen LogP contribution in [0, 0.1) is 0 Å². The highest BCUT2D eigenvalue weighted by molar-refractivity contribution is 7.80. The number of halogens is 3. The summed E-state index contributed by atoms with van der Waals surface area (Å²) in [6.07, 6.45) is -1.69. The van der Waals surface area contributed by atoms with E-state index < -0.39 is 11.7 Å². The molecule has 0 aliphatic heterocycles. The molecule has 0 heterocycles. The molecule has 1 aromatic rings. The van der Waals surface area contributed by atoms with Crippen LogP contribution in [0.4, 0.5) is 13.2 Å². The number of nitrogens with two attached hydrogens (primary N) is 1. The Balaban J connectivity index is 2.27. The molecule has 108 valence electrons. The van der Waals surface area contributed by atoms with Gasteiger partial charge in [-0.15, -0.1) is 0 Å². The van der Waals surface area contributed by atoms with Crippen molar-refractivity contribution in [1.82, 2.24) is 0 Å². The molecular weight excluding hydrogens is 275 g/mol. The van der Waals surface area contributed by atoms with Gasteiger partial charge in [-0.05, 0) is 43.5 Å². The van der Waals surface area contributed by atoms with E-state index >= 15 is 0 Å². The molecule has 0 aromatic heterocycles. The van der Waals surface area contributed by atoms with Crippen molar-refractivity contribution < 1.29 is 17.9 Å². The fourth-order valence-corrected chi connectivity index (χ4v) is 1.71. The van der Waals surface area contributed by atoms with E-state index in [0.717, 1.165) is 31.4 Å². The SMILES string of the molecule is N[C@@H](CS)CCCCOc1ccc(C(F)(F)F)cc1. The Kier molecular flexibility index (Phi) is 6.51. The van der Waals surface area contributed by atoms with Crippen LogP contribution >= 0.6 is 12.6 Å². The maximum atomic E-state index is 12.3. The fourth-order valence-electron chi connectivity index (χ4n) is 1.53. The fraction of sp³-hybridized carbons (Fsp3) is 0.538. The molecule has 0 radical (unpaired) electrons. The van der Waals surface area contributed by atoms with Gasteiger partial charge in [-0.2, -0.15) is 25.8 Å². The Bertz CT molecular complexity index is 367. The van der Waals surface area contributed by atoms with Crippen LogP contribution in [-0.4, -0.2) is 18.4 Å². The number of ether oxygens (including phenoxy) is 1. The van der Waals surface area contributed by atoms with Crippen molar-refractivity contribution in [1.29, 1.82) is 0 Å². The molecule has 0 unspecified atom stereocenters. The second kappa shape index (κ2) is 7.65. The number of unbranched alkanes of at least 4 members (excludes halogenated alkanes) is 1. The van der Waals surface area contributed by atoms with E-state index in [1.165, 1.54) is 12.1 Å². The molecule has 1 rings (SSSR count). The zero-order valence-corrected chi connectivity index (χ0v) is 11.4. The van der Waals surface area contributed by atoms with Crippen LogP contribution in [0.1, 0.15) is 24.8 Å². The van der Waals surface area contributed by atoms with Crippen LogP contribution in [0.15, 0.2) is 24.3 Å². The largest absolute Gasteiger partial charge is 0.494 e. The second-order valence-corrected chi connectivity index (χ2v) is 4.67. The maximum absolute atomic E-state index is 12.3. The molecule has 0 saturated heterocycles. The van der Waals surface area contributed by atoms with Gasteiger partial charge in [0, 0.05) is 11.8 Å². The van der Waals surface area contributed by atoms with Gasteiger partial charge in [0.05, 0.1) is 12.2 Å². The Labute approximate surface area is 116 Å². The Morgan fingerprint density at radius 1 is 1.16 bits per heavy atom. The molecule has 1 aromatic carbocycles. The standard InChI is InChI=1S/C13H18F3NOS/c14-13(15,16)10-4-6-12(7-5-10)18-8-2-1-3-11(17)9-19/h4-7,11,19H,1-3,8-9,17H2/t11-/m1/s1. The number of alkyl halides is 3. The third kappa shape index (κ3) is 6.20. The van der Waals surface area contributed by atoms with Gasteiger partial charge in [0.15, 0.2) is 0 Å². The maximum Gasteiger partial charge on any atom is 0.416 e. The van der Waals surface area contributed by atoms with Crippen LogP contribution < -0.4 is 10.5 Å². The first-order valence-electron chi connectivity index (χ1n) is 6.10. The van der Waals surface area contributed by atoms with Gasteiger partial charge in [0.1, 0.15) is 5.75 Å². The third-order valence-electron chi connectivity index (χ3n) is 2.65. The number of benzene rings is 1. The predicted octanol–water partition coefficient (Wildman–Crippen LogP) is 3.51. The normalized spacial score (nSPS) is 13.3. The first-order chi connectivity index (χ1) is 8.93. The Morgan fingerprint density at radius 3 is 2.32 bits per heavy atom. The van der Waals surface area contributed by atoms with Crippen molar-refractivity contribution in [2.24, 2.45) is 5.73 Å². The molecule has 1 atom stereocenters. The Hall–Kier alpha value is -0.880. The molecular formula is C13H18F3NOS. The summed E-state index contributed by atoms with van der Waals surface area (Å²) < 4.78 is 42.3. The lowest BCUT2D eigenvalue weighted by atomic mass is 10.1. The van der Waals surface area contributed by atoms with E-state index in [0.29, 0.717) is 18.1 Å². The van der Waals surface area contributed by atoms with Gasteiger partial charge >= 0.3 is 6.18 Å². The molecule has 6 heteroatoms. The molecule has 0 spiro atoms. The molecule has 0 saturated carbocycles. The lowest BCUT2D eigenvalue weighted by Crippen LogP contribution is -2.21. The highest BCUT2D eigenvalue weighted by Gasteiger charge is 2.29. The molecule has 0 bridgehead atoms. The second-order valence-electron chi connectivity index (χ2n) is 4.31. The van der Waals surface area contributed by atoms with Gasteiger partial charge in [-0.3, -0.25) is 0 Å². The topological polar surface area (TPSA) is 35.2 Å². The minimum Gasteiger partial charge on any atom is -0.494 e.